The van der Waals surface area contributed by atoms with Crippen molar-refractivity contribution in [3.8, 4) is 0 Å². The van der Waals surface area contributed by atoms with Crippen molar-refractivity contribution in [1.29, 1.82) is 0 Å². The molecule has 0 spiro atoms. The van der Waals surface area contributed by atoms with E-state index in [1.807, 2.05) is 66.3 Å². The summed E-state index contributed by atoms with van der Waals surface area (Å²) >= 11 is 6.07. The number of benzene rings is 3. The van der Waals surface area contributed by atoms with Crippen LogP contribution < -0.4 is 16.4 Å². The molecule has 1 heterocycles. The molecule has 3 aromatic rings. The van der Waals surface area contributed by atoms with E-state index in [1.54, 1.807) is 0 Å². The number of amides is 2. The number of hydrogen-bond donors (Lipinski definition) is 4. The molecule has 0 aromatic heterocycles. The van der Waals surface area contributed by atoms with Gasteiger partial charge in [0.15, 0.2) is 0 Å². The van der Waals surface area contributed by atoms with E-state index >= 15 is 0 Å². The largest absolute Gasteiger partial charge is 0.400 e. The second kappa shape index (κ2) is 21.4. The summed E-state index contributed by atoms with van der Waals surface area (Å²) < 4.78 is 0. The van der Waals surface area contributed by atoms with Crippen molar-refractivity contribution in [3.05, 3.63) is 82.9 Å². The Morgan fingerprint density at radius 3 is 2.30 bits per heavy atom. The third kappa shape index (κ3) is 12.7. The third-order valence-electron chi connectivity index (χ3n) is 7.03. The number of nitrogens with one attached hydrogen (secondary N) is 2. The predicted molar refractivity (Wildman–Crippen MR) is 182 cm³/mol. The normalized spacial score (nSPS) is 16.8. The zero-order chi connectivity index (χ0) is 33.1. The Balaban J connectivity index is 0.00000110. The lowest BCUT2D eigenvalue weighted by molar-refractivity contribution is -0.133. The predicted octanol–water partition coefficient (Wildman–Crippen LogP) is 5.41. The van der Waals surface area contributed by atoms with Crippen molar-refractivity contribution >= 4 is 41.0 Å². The van der Waals surface area contributed by atoms with Gasteiger partial charge in [-0.15, -0.1) is 0 Å². The van der Waals surface area contributed by atoms with Gasteiger partial charge in [-0.25, -0.2) is 0 Å². The fourth-order valence-electron chi connectivity index (χ4n) is 4.93. The Morgan fingerprint density at radius 1 is 1.07 bits per heavy atom. The number of fused-ring (bicyclic) bond motifs is 1. The molecule has 9 heteroatoms. The average Bonchev–Trinajstić information content (AvgIpc) is 3.18. The smallest absolute Gasteiger partial charge is 0.251 e. The van der Waals surface area contributed by atoms with Crippen LogP contribution in [0.15, 0.2) is 66.7 Å². The average molecular weight is 627 g/mol. The van der Waals surface area contributed by atoms with E-state index in [2.05, 4.69) is 50.5 Å². The van der Waals surface area contributed by atoms with Gasteiger partial charge in [-0.2, -0.15) is 0 Å². The molecule has 0 saturated carbocycles. The van der Waals surface area contributed by atoms with Crippen molar-refractivity contribution in [3.63, 3.8) is 0 Å². The molecule has 44 heavy (non-hydrogen) atoms. The number of carbonyl (C=O) groups excluding carboxylic acids is 3. The molecular formula is C35H51ClN4O4. The van der Waals surface area contributed by atoms with Gasteiger partial charge in [0.2, 0.25) is 5.91 Å². The number of carbonyl (C=O) groups is 3. The van der Waals surface area contributed by atoms with Crippen LogP contribution in [0.25, 0.3) is 10.8 Å². The second-order valence-electron chi connectivity index (χ2n) is 11.2. The van der Waals surface area contributed by atoms with Gasteiger partial charge in [0.1, 0.15) is 6.79 Å². The summed E-state index contributed by atoms with van der Waals surface area (Å²) in [6.45, 7) is 12.9. The van der Waals surface area contributed by atoms with Crippen LogP contribution in [0.3, 0.4) is 0 Å². The van der Waals surface area contributed by atoms with Crippen molar-refractivity contribution in [2.75, 3.05) is 33.3 Å². The molecule has 3 aromatic carbocycles. The van der Waals surface area contributed by atoms with E-state index in [0.29, 0.717) is 43.2 Å². The molecule has 3 unspecified atom stereocenters. The summed E-state index contributed by atoms with van der Waals surface area (Å²) in [4.78, 5) is 36.3. The molecular weight excluding hydrogens is 576 g/mol. The highest BCUT2D eigenvalue weighted by Crippen LogP contribution is 2.23. The molecule has 1 saturated heterocycles. The van der Waals surface area contributed by atoms with E-state index in [-0.39, 0.29) is 29.8 Å². The third-order valence-corrected chi connectivity index (χ3v) is 7.26. The van der Waals surface area contributed by atoms with Gasteiger partial charge in [0, 0.05) is 49.3 Å². The first-order valence-electron chi connectivity index (χ1n) is 15.2. The lowest BCUT2D eigenvalue weighted by atomic mass is 9.95. The topological polar surface area (TPSA) is 125 Å². The highest BCUT2D eigenvalue weighted by atomic mass is 35.5. The molecule has 0 radical (unpaired) electrons. The van der Waals surface area contributed by atoms with E-state index in [0.717, 1.165) is 36.6 Å². The molecule has 0 aliphatic carbocycles. The van der Waals surface area contributed by atoms with Crippen LogP contribution in [-0.4, -0.2) is 74.0 Å². The van der Waals surface area contributed by atoms with Crippen LogP contribution in [0, 0.1) is 5.92 Å². The fourth-order valence-corrected chi connectivity index (χ4v) is 5.11. The minimum Gasteiger partial charge on any atom is -0.400 e. The van der Waals surface area contributed by atoms with Gasteiger partial charge in [0.25, 0.3) is 5.91 Å². The first kappa shape index (κ1) is 38.7. The number of aliphatic hydroxyl groups is 1. The number of aliphatic hydroxyl groups excluding tert-OH is 1. The monoisotopic (exact) mass is 626 g/mol. The van der Waals surface area contributed by atoms with E-state index in [9.17, 15) is 9.59 Å². The summed E-state index contributed by atoms with van der Waals surface area (Å²) in [5, 5.41) is 16.2. The van der Waals surface area contributed by atoms with E-state index in [4.69, 9.17) is 27.2 Å². The van der Waals surface area contributed by atoms with Gasteiger partial charge in [-0.05, 0) is 72.3 Å². The van der Waals surface area contributed by atoms with Crippen LogP contribution in [0.2, 0.25) is 5.02 Å². The Morgan fingerprint density at radius 2 is 1.68 bits per heavy atom. The summed E-state index contributed by atoms with van der Waals surface area (Å²) in [6.07, 6.45) is 2.28. The quantitative estimate of drug-likeness (QED) is 0.252. The summed E-state index contributed by atoms with van der Waals surface area (Å²) in [5.41, 5.74) is 7.70. The Labute approximate surface area is 268 Å². The first-order valence-corrected chi connectivity index (χ1v) is 15.6. The lowest BCUT2D eigenvalue weighted by Gasteiger charge is -2.28. The number of nitrogens with two attached hydrogens (primary N) is 1. The van der Waals surface area contributed by atoms with Crippen molar-refractivity contribution in [2.24, 2.45) is 11.7 Å². The highest BCUT2D eigenvalue weighted by molar-refractivity contribution is 6.31. The SMILES string of the molecule is C=O.CC(C)C.CCC(CN1CCC(CNC(=O)c2ccc3cc(Cl)ccc3c2)NC(CCN)C1=O)c1ccccc1.CO. The molecule has 8 nitrogen and oxygen atoms in total. The van der Waals surface area contributed by atoms with Crippen molar-refractivity contribution in [1.82, 2.24) is 15.5 Å². The van der Waals surface area contributed by atoms with Crippen molar-refractivity contribution < 1.29 is 19.5 Å². The molecule has 3 atom stereocenters. The van der Waals surface area contributed by atoms with Gasteiger partial charge in [-0.3, -0.25) is 9.59 Å². The Kier molecular flexibility index (Phi) is 18.8. The minimum atomic E-state index is -0.349. The van der Waals surface area contributed by atoms with Crippen LogP contribution in [-0.2, 0) is 9.59 Å². The Hall–Kier alpha value is -3.30. The standard InChI is InChI=1S/C29H35ClN4O2.C4H10.CH4O.CH2O/c1-2-20(21-6-4-3-5-7-21)19-34-15-13-26(33-27(12-14-31)29(34)36)18-32-28(35)24-9-8-23-17-25(30)11-10-22(23)16-24;1-4(2)3;2*1-2/h3-11,16-17,20,26-27,33H,2,12-15,18-19,31H2,1H3,(H,32,35);4H,1-3H3;2H,1H3;1H2. The van der Waals surface area contributed by atoms with Crippen LogP contribution in [0.1, 0.15) is 68.8 Å². The maximum absolute atomic E-state index is 13.4. The van der Waals surface area contributed by atoms with E-state index in [1.165, 1.54) is 5.56 Å². The zero-order valence-corrected chi connectivity index (χ0v) is 27.6. The van der Waals surface area contributed by atoms with Crippen LogP contribution in [0.5, 0.6) is 0 Å². The first-order chi connectivity index (χ1) is 21.2. The number of rotatable bonds is 9. The van der Waals surface area contributed by atoms with Crippen LogP contribution in [0.4, 0.5) is 0 Å². The Bertz CT molecular complexity index is 1260. The highest BCUT2D eigenvalue weighted by Gasteiger charge is 2.31. The number of nitrogens with zero attached hydrogens (tertiary/aromatic N) is 1. The second-order valence-corrected chi connectivity index (χ2v) is 11.7. The van der Waals surface area contributed by atoms with Gasteiger partial charge >= 0.3 is 0 Å². The molecule has 4 rings (SSSR count). The molecule has 242 valence electrons. The van der Waals surface area contributed by atoms with E-state index < -0.39 is 0 Å². The molecule has 2 amide bonds. The van der Waals surface area contributed by atoms with Gasteiger partial charge < -0.3 is 31.2 Å². The minimum absolute atomic E-state index is 0.0180. The number of halogens is 1. The summed E-state index contributed by atoms with van der Waals surface area (Å²) in [5.74, 6) is 1.08. The fraction of sp³-hybridized carbons (Fsp3) is 0.457. The van der Waals surface area contributed by atoms with Crippen molar-refractivity contribution in [2.45, 2.75) is 65.0 Å². The summed E-state index contributed by atoms with van der Waals surface area (Å²) in [7, 11) is 1.00. The maximum atomic E-state index is 13.4. The molecule has 1 aliphatic rings. The molecule has 1 aliphatic heterocycles. The number of hydrogen-bond acceptors (Lipinski definition) is 6. The molecule has 5 N–H and O–H groups in total. The molecule has 1 fully saturated rings. The zero-order valence-electron chi connectivity index (χ0n) is 26.9. The maximum Gasteiger partial charge on any atom is 0.251 e. The lowest BCUT2D eigenvalue weighted by Crippen LogP contribution is -2.49. The summed E-state index contributed by atoms with van der Waals surface area (Å²) in [6, 6.07) is 21.2. The molecule has 0 bridgehead atoms. The van der Waals surface area contributed by atoms with Gasteiger partial charge in [-0.1, -0.05) is 81.8 Å². The van der Waals surface area contributed by atoms with Gasteiger partial charge in [0.05, 0.1) is 6.04 Å². The van der Waals surface area contributed by atoms with Crippen LogP contribution >= 0.6 is 11.6 Å².